The van der Waals surface area contributed by atoms with E-state index in [0.717, 1.165) is 32.9 Å². The fraction of sp³-hybridized carbons (Fsp3) is 0.241. The van der Waals surface area contributed by atoms with Crippen molar-refractivity contribution in [1.82, 2.24) is 14.8 Å². The van der Waals surface area contributed by atoms with Crippen LogP contribution < -0.4 is 0 Å². The summed E-state index contributed by atoms with van der Waals surface area (Å²) >= 11 is 3.42. The van der Waals surface area contributed by atoms with Crippen molar-refractivity contribution < 1.29 is 14.0 Å². The van der Waals surface area contributed by atoms with Crippen LogP contribution in [0.25, 0.3) is 10.9 Å². The lowest BCUT2D eigenvalue weighted by molar-refractivity contribution is -0.132. The van der Waals surface area contributed by atoms with E-state index in [0.29, 0.717) is 31.6 Å². The van der Waals surface area contributed by atoms with Gasteiger partial charge >= 0.3 is 0 Å². The topological polar surface area (TPSA) is 56.4 Å². The van der Waals surface area contributed by atoms with E-state index in [1.807, 2.05) is 43.5 Å². The van der Waals surface area contributed by atoms with E-state index in [4.69, 9.17) is 0 Å². The molecule has 186 valence electrons. The highest BCUT2D eigenvalue weighted by Gasteiger charge is 2.22. The number of H-pyrrole nitrogens is 1. The first kappa shape index (κ1) is 25.6. The second kappa shape index (κ2) is 12.0. The summed E-state index contributed by atoms with van der Waals surface area (Å²) in [4.78, 5) is 33.4. The number of carbonyl (C=O) groups excluding carboxylic acids is 2. The van der Waals surface area contributed by atoms with E-state index in [2.05, 4.69) is 27.0 Å². The summed E-state index contributed by atoms with van der Waals surface area (Å²) in [5.41, 5.74) is 3.55. The smallest absolute Gasteiger partial charge is 0.254 e. The normalized spacial score (nSPS) is 11.0. The molecule has 0 unspecified atom stereocenters. The number of rotatable bonds is 10. The van der Waals surface area contributed by atoms with E-state index in [-0.39, 0.29) is 24.2 Å². The van der Waals surface area contributed by atoms with Crippen LogP contribution in [-0.4, -0.2) is 46.2 Å². The van der Waals surface area contributed by atoms with Crippen LogP contribution in [0.1, 0.15) is 34.8 Å². The van der Waals surface area contributed by atoms with E-state index in [1.165, 1.54) is 12.1 Å². The van der Waals surface area contributed by atoms with Crippen LogP contribution in [0.15, 0.2) is 83.5 Å². The fourth-order valence-corrected chi connectivity index (χ4v) is 4.68. The lowest BCUT2D eigenvalue weighted by atomic mass is 10.1. The van der Waals surface area contributed by atoms with Crippen LogP contribution in [0.5, 0.6) is 0 Å². The number of aromatic amines is 1. The molecule has 0 aliphatic heterocycles. The Morgan fingerprint density at radius 2 is 1.72 bits per heavy atom. The number of halogens is 2. The van der Waals surface area contributed by atoms with Gasteiger partial charge in [0.1, 0.15) is 12.4 Å². The van der Waals surface area contributed by atoms with Gasteiger partial charge in [0.2, 0.25) is 5.91 Å². The molecule has 0 saturated carbocycles. The molecule has 3 aromatic carbocycles. The Labute approximate surface area is 219 Å². The maximum absolute atomic E-state index is 13.6. The summed E-state index contributed by atoms with van der Waals surface area (Å²) < 4.78 is 14.3. The monoisotopic (exact) mass is 549 g/mol. The van der Waals surface area contributed by atoms with E-state index in [1.54, 1.807) is 34.1 Å². The van der Waals surface area contributed by atoms with Gasteiger partial charge < -0.3 is 14.8 Å². The molecule has 7 heteroatoms. The number of carbonyl (C=O) groups is 2. The molecule has 4 aromatic rings. The Balaban J connectivity index is 1.53. The highest BCUT2D eigenvalue weighted by atomic mass is 79.9. The highest BCUT2D eigenvalue weighted by molar-refractivity contribution is 9.10. The maximum atomic E-state index is 13.6. The van der Waals surface area contributed by atoms with Gasteiger partial charge in [-0.05, 0) is 60.4 Å². The second-order valence-corrected chi connectivity index (χ2v) is 9.70. The molecule has 5 nitrogen and oxygen atoms in total. The van der Waals surface area contributed by atoms with Gasteiger partial charge in [0.05, 0.1) is 0 Å². The third kappa shape index (κ3) is 6.40. The van der Waals surface area contributed by atoms with Crippen molar-refractivity contribution in [3.63, 3.8) is 0 Å². The number of aromatic nitrogens is 1. The van der Waals surface area contributed by atoms with Crippen LogP contribution in [0.4, 0.5) is 4.39 Å². The standard InChI is InChI=1S/C29H29BrFN3O2/c1-2-15-34(29(36)22-6-5-7-24(30)17-22)20-28(35)33(19-21-10-12-25(31)13-11-21)16-14-23-18-32-27-9-4-3-8-26(23)27/h3-13,17-18,32H,2,14-16,19-20H2,1H3. The van der Waals surface area contributed by atoms with Crippen molar-refractivity contribution in [2.45, 2.75) is 26.3 Å². The predicted molar refractivity (Wildman–Crippen MR) is 144 cm³/mol. The summed E-state index contributed by atoms with van der Waals surface area (Å²) in [7, 11) is 0. The van der Waals surface area contributed by atoms with Crippen molar-refractivity contribution in [2.75, 3.05) is 19.6 Å². The average molecular weight is 550 g/mol. The Morgan fingerprint density at radius 3 is 2.47 bits per heavy atom. The van der Waals surface area contributed by atoms with Gasteiger partial charge in [-0.1, -0.05) is 59.3 Å². The van der Waals surface area contributed by atoms with Crippen molar-refractivity contribution in [1.29, 1.82) is 0 Å². The molecule has 0 aliphatic rings. The highest BCUT2D eigenvalue weighted by Crippen LogP contribution is 2.19. The molecular formula is C29H29BrFN3O2. The molecule has 0 saturated heterocycles. The van der Waals surface area contributed by atoms with Gasteiger partial charge in [-0.25, -0.2) is 4.39 Å². The largest absolute Gasteiger partial charge is 0.361 e. The van der Waals surface area contributed by atoms with Gasteiger partial charge in [-0.3, -0.25) is 9.59 Å². The number of fused-ring (bicyclic) bond motifs is 1. The predicted octanol–water partition coefficient (Wildman–Crippen LogP) is 6.19. The number of para-hydroxylation sites is 1. The summed E-state index contributed by atoms with van der Waals surface area (Å²) in [5, 5.41) is 1.13. The van der Waals surface area contributed by atoms with E-state index < -0.39 is 0 Å². The lowest BCUT2D eigenvalue weighted by Gasteiger charge is -2.28. The van der Waals surface area contributed by atoms with Crippen molar-refractivity contribution >= 4 is 38.6 Å². The first-order valence-electron chi connectivity index (χ1n) is 12.1. The molecule has 36 heavy (non-hydrogen) atoms. The minimum absolute atomic E-state index is 0.0196. The zero-order valence-corrected chi connectivity index (χ0v) is 21.8. The minimum Gasteiger partial charge on any atom is -0.361 e. The Bertz CT molecular complexity index is 1340. The van der Waals surface area contributed by atoms with Gasteiger partial charge in [0, 0.05) is 46.8 Å². The van der Waals surface area contributed by atoms with E-state index >= 15 is 0 Å². The quantitative estimate of drug-likeness (QED) is 0.256. The molecule has 0 atom stereocenters. The Hall–Kier alpha value is -3.45. The maximum Gasteiger partial charge on any atom is 0.254 e. The van der Waals surface area contributed by atoms with E-state index in [9.17, 15) is 14.0 Å². The zero-order valence-electron chi connectivity index (χ0n) is 20.2. The van der Waals surface area contributed by atoms with Gasteiger partial charge in [0.25, 0.3) is 5.91 Å². The minimum atomic E-state index is -0.316. The van der Waals surface area contributed by atoms with Crippen LogP contribution in [0.2, 0.25) is 0 Å². The molecular weight excluding hydrogens is 521 g/mol. The average Bonchev–Trinajstić information content (AvgIpc) is 3.30. The second-order valence-electron chi connectivity index (χ2n) is 8.79. The molecule has 0 fully saturated rings. The van der Waals surface area contributed by atoms with Gasteiger partial charge in [-0.2, -0.15) is 0 Å². The number of hydrogen-bond acceptors (Lipinski definition) is 2. The number of nitrogens with zero attached hydrogens (tertiary/aromatic N) is 2. The first-order chi connectivity index (χ1) is 17.4. The molecule has 1 heterocycles. The Kier molecular flexibility index (Phi) is 8.54. The fourth-order valence-electron chi connectivity index (χ4n) is 4.29. The third-order valence-corrected chi connectivity index (χ3v) is 6.64. The molecule has 0 spiro atoms. The first-order valence-corrected chi connectivity index (χ1v) is 12.9. The molecule has 0 radical (unpaired) electrons. The molecule has 1 N–H and O–H groups in total. The lowest BCUT2D eigenvalue weighted by Crippen LogP contribution is -2.43. The number of hydrogen-bond donors (Lipinski definition) is 1. The molecule has 2 amide bonds. The number of benzene rings is 3. The third-order valence-electron chi connectivity index (χ3n) is 6.14. The van der Waals surface area contributed by atoms with Crippen LogP contribution in [0, 0.1) is 5.82 Å². The molecule has 0 aliphatic carbocycles. The Morgan fingerprint density at radius 1 is 0.944 bits per heavy atom. The molecule has 0 bridgehead atoms. The molecule has 4 rings (SSSR count). The van der Waals surface area contributed by atoms with Crippen LogP contribution in [-0.2, 0) is 17.8 Å². The van der Waals surface area contributed by atoms with Crippen LogP contribution in [0.3, 0.4) is 0 Å². The van der Waals surface area contributed by atoms with Gasteiger partial charge in [0.15, 0.2) is 0 Å². The van der Waals surface area contributed by atoms with Crippen molar-refractivity contribution in [2.24, 2.45) is 0 Å². The SMILES string of the molecule is CCCN(CC(=O)N(CCc1c[nH]c2ccccc12)Cc1ccc(F)cc1)C(=O)c1cccc(Br)c1. The van der Waals surface area contributed by atoms with Crippen LogP contribution >= 0.6 is 15.9 Å². The van der Waals surface area contributed by atoms with Crippen molar-refractivity contribution in [3.05, 3.63) is 106 Å². The number of amides is 2. The molecule has 1 aromatic heterocycles. The summed E-state index contributed by atoms with van der Waals surface area (Å²) in [6.45, 7) is 3.26. The summed E-state index contributed by atoms with van der Waals surface area (Å²) in [6, 6.07) is 21.5. The number of nitrogens with one attached hydrogen (secondary N) is 1. The summed E-state index contributed by atoms with van der Waals surface area (Å²) in [6.07, 6.45) is 3.37. The van der Waals surface area contributed by atoms with Crippen molar-refractivity contribution in [3.8, 4) is 0 Å². The zero-order chi connectivity index (χ0) is 25.5. The summed E-state index contributed by atoms with van der Waals surface area (Å²) in [5.74, 6) is -0.634. The van der Waals surface area contributed by atoms with Gasteiger partial charge in [-0.15, -0.1) is 0 Å².